The highest BCUT2D eigenvalue weighted by Gasteiger charge is 2.63. The lowest BCUT2D eigenvalue weighted by atomic mass is 9.48. The molecule has 1 heterocycles. The number of benzene rings is 2. The van der Waals surface area contributed by atoms with Crippen LogP contribution in [0.15, 0.2) is 48.5 Å². The van der Waals surface area contributed by atoms with Gasteiger partial charge in [0.25, 0.3) is 0 Å². The van der Waals surface area contributed by atoms with Gasteiger partial charge in [-0.1, -0.05) is 82.5 Å². The Hall–Kier alpha value is -1.76. The minimum Gasteiger partial charge on any atom is -0.374 e. The maximum atomic E-state index is 4.13. The van der Waals surface area contributed by atoms with E-state index >= 15 is 0 Å². The van der Waals surface area contributed by atoms with Crippen LogP contribution in [0.2, 0.25) is 0 Å². The lowest BCUT2D eigenvalue weighted by Crippen LogP contribution is -2.57. The second-order valence-corrected chi connectivity index (χ2v) is 10.2. The molecule has 1 aliphatic heterocycles. The van der Waals surface area contributed by atoms with E-state index in [0.29, 0.717) is 0 Å². The van der Waals surface area contributed by atoms with Gasteiger partial charge in [-0.15, -0.1) is 0 Å². The average Bonchev–Trinajstić information content (AvgIpc) is 2.97. The number of fused-ring (bicyclic) bond motifs is 1. The van der Waals surface area contributed by atoms with E-state index in [1.807, 2.05) is 0 Å². The zero-order valence-electron chi connectivity index (χ0n) is 17.1. The zero-order chi connectivity index (χ0) is 18.7. The van der Waals surface area contributed by atoms with Crippen LogP contribution in [0.3, 0.4) is 0 Å². The molecule has 0 aromatic heterocycles. The predicted molar refractivity (Wildman–Crippen MR) is 114 cm³/mol. The molecule has 142 valence electrons. The first-order valence-corrected chi connectivity index (χ1v) is 11.0. The van der Waals surface area contributed by atoms with Gasteiger partial charge in [-0.05, 0) is 59.8 Å². The molecular formula is C26H33N. The molecule has 5 rings (SSSR count). The van der Waals surface area contributed by atoms with Crippen LogP contribution in [0, 0.1) is 5.92 Å². The fraction of sp³-hybridized carbons (Fsp3) is 0.538. The van der Waals surface area contributed by atoms with Crippen molar-refractivity contribution in [3.8, 4) is 0 Å². The third-order valence-electron chi connectivity index (χ3n) is 7.92. The first-order chi connectivity index (χ1) is 13.0. The summed E-state index contributed by atoms with van der Waals surface area (Å²) in [5, 5.41) is 4.13. The smallest absolute Gasteiger partial charge is 0.0725 e. The summed E-state index contributed by atoms with van der Waals surface area (Å²) in [6.45, 7) is 7.04. The van der Waals surface area contributed by atoms with Gasteiger partial charge < -0.3 is 5.32 Å². The van der Waals surface area contributed by atoms with Crippen LogP contribution in [-0.4, -0.2) is 0 Å². The Morgan fingerprint density at radius 3 is 2.44 bits per heavy atom. The van der Waals surface area contributed by atoms with E-state index in [1.54, 1.807) is 5.56 Å². The zero-order valence-corrected chi connectivity index (χ0v) is 17.1. The number of anilines is 1. The molecule has 0 amide bonds. The van der Waals surface area contributed by atoms with Crippen LogP contribution in [-0.2, 0) is 16.4 Å². The summed E-state index contributed by atoms with van der Waals surface area (Å²) in [5.74, 6) is 0.809. The molecule has 1 nitrogen and oxygen atoms in total. The predicted octanol–water partition coefficient (Wildman–Crippen LogP) is 6.92. The Morgan fingerprint density at radius 2 is 1.67 bits per heavy atom. The molecule has 27 heavy (non-hydrogen) atoms. The fourth-order valence-electron chi connectivity index (χ4n) is 6.71. The van der Waals surface area contributed by atoms with Gasteiger partial charge >= 0.3 is 0 Å². The molecule has 2 aliphatic carbocycles. The summed E-state index contributed by atoms with van der Waals surface area (Å²) in [5.41, 5.74) is 6.56. The summed E-state index contributed by atoms with van der Waals surface area (Å²) in [7, 11) is 0. The van der Waals surface area contributed by atoms with Crippen molar-refractivity contribution in [1.82, 2.24) is 0 Å². The summed E-state index contributed by atoms with van der Waals surface area (Å²) < 4.78 is 0. The summed E-state index contributed by atoms with van der Waals surface area (Å²) in [6, 6.07) is 18.7. The molecule has 1 heteroatoms. The monoisotopic (exact) mass is 359 g/mol. The van der Waals surface area contributed by atoms with Gasteiger partial charge in [0.1, 0.15) is 0 Å². The topological polar surface area (TPSA) is 12.0 Å². The van der Waals surface area contributed by atoms with Gasteiger partial charge in [-0.25, -0.2) is 0 Å². The van der Waals surface area contributed by atoms with Crippen molar-refractivity contribution >= 4 is 5.69 Å². The third kappa shape index (κ3) is 2.30. The van der Waals surface area contributed by atoms with E-state index in [-0.39, 0.29) is 16.4 Å². The van der Waals surface area contributed by atoms with Crippen molar-refractivity contribution in [2.24, 2.45) is 5.92 Å². The van der Waals surface area contributed by atoms with Gasteiger partial charge in [-0.2, -0.15) is 0 Å². The molecule has 3 aliphatic rings. The molecule has 2 fully saturated rings. The fourth-order valence-corrected chi connectivity index (χ4v) is 6.71. The van der Waals surface area contributed by atoms with Crippen molar-refractivity contribution in [3.05, 3.63) is 65.2 Å². The maximum Gasteiger partial charge on any atom is 0.0725 e. The number of rotatable bonds is 1. The summed E-state index contributed by atoms with van der Waals surface area (Å²) in [6.07, 6.45) is 9.50. The van der Waals surface area contributed by atoms with Crippen molar-refractivity contribution in [2.45, 2.75) is 82.1 Å². The Bertz CT molecular complexity index is 844. The first-order valence-electron chi connectivity index (χ1n) is 11.0. The SMILES string of the molecule is CC(C)(C)c1ccc2c(c1)[C@]13CCCC[C@@H]1CCC[C@]3(c1ccccc1)N2. The molecular weight excluding hydrogens is 326 g/mol. The lowest BCUT2D eigenvalue weighted by molar-refractivity contribution is 0.0564. The molecule has 1 N–H and O–H groups in total. The highest BCUT2D eigenvalue weighted by atomic mass is 15.1. The second kappa shape index (κ2) is 5.87. The van der Waals surface area contributed by atoms with E-state index in [4.69, 9.17) is 0 Å². The normalized spacial score (nSPS) is 32.2. The van der Waals surface area contributed by atoms with E-state index in [0.717, 1.165) is 5.92 Å². The third-order valence-corrected chi connectivity index (χ3v) is 7.92. The van der Waals surface area contributed by atoms with E-state index in [2.05, 4.69) is 74.6 Å². The van der Waals surface area contributed by atoms with Crippen LogP contribution >= 0.6 is 0 Å². The van der Waals surface area contributed by atoms with Crippen molar-refractivity contribution in [2.75, 3.05) is 5.32 Å². The highest BCUT2D eigenvalue weighted by molar-refractivity contribution is 5.68. The molecule has 0 bridgehead atoms. The Morgan fingerprint density at radius 1 is 0.889 bits per heavy atom. The largest absolute Gasteiger partial charge is 0.374 e. The van der Waals surface area contributed by atoms with Gasteiger partial charge in [0.15, 0.2) is 0 Å². The molecule has 2 aromatic rings. The molecule has 0 radical (unpaired) electrons. The quantitative estimate of drug-likeness (QED) is 0.583. The molecule has 2 saturated carbocycles. The van der Waals surface area contributed by atoms with E-state index in [1.165, 1.54) is 61.8 Å². The minimum atomic E-state index is 0.0798. The minimum absolute atomic E-state index is 0.0798. The summed E-state index contributed by atoms with van der Waals surface area (Å²) in [4.78, 5) is 0. The molecule has 2 aromatic carbocycles. The average molecular weight is 360 g/mol. The van der Waals surface area contributed by atoms with Crippen LogP contribution in [0.4, 0.5) is 5.69 Å². The van der Waals surface area contributed by atoms with Crippen molar-refractivity contribution < 1.29 is 0 Å². The number of nitrogens with one attached hydrogen (secondary N) is 1. The van der Waals surface area contributed by atoms with Crippen LogP contribution < -0.4 is 5.32 Å². The van der Waals surface area contributed by atoms with Gasteiger partial charge in [0, 0.05) is 11.1 Å². The standard InChI is InChI=1S/C26H33N/c1-24(2,3)21-14-15-23-22(18-21)25-16-8-7-10-19(25)13-9-17-26(25,27-23)20-11-5-4-6-12-20/h4-6,11-12,14-15,18-19,27H,7-10,13,16-17H2,1-3H3/t19-,25+,26-/m1/s1. The molecule has 1 spiro atoms. The Labute approximate surface area is 164 Å². The van der Waals surface area contributed by atoms with Crippen LogP contribution in [0.5, 0.6) is 0 Å². The second-order valence-electron chi connectivity index (χ2n) is 10.2. The Kier molecular flexibility index (Phi) is 3.77. The number of hydrogen-bond donors (Lipinski definition) is 1. The van der Waals surface area contributed by atoms with Crippen LogP contribution in [0.1, 0.15) is 82.4 Å². The van der Waals surface area contributed by atoms with Gasteiger partial charge in [0.05, 0.1) is 5.54 Å². The van der Waals surface area contributed by atoms with Crippen molar-refractivity contribution in [3.63, 3.8) is 0 Å². The lowest BCUT2D eigenvalue weighted by Gasteiger charge is -2.57. The number of hydrogen-bond acceptors (Lipinski definition) is 1. The summed E-state index contributed by atoms with van der Waals surface area (Å²) >= 11 is 0. The van der Waals surface area contributed by atoms with E-state index < -0.39 is 0 Å². The maximum absolute atomic E-state index is 4.13. The molecule has 3 atom stereocenters. The van der Waals surface area contributed by atoms with E-state index in [9.17, 15) is 0 Å². The Balaban J connectivity index is 1.77. The molecule has 0 unspecified atom stereocenters. The van der Waals surface area contributed by atoms with Crippen molar-refractivity contribution in [1.29, 1.82) is 0 Å². The highest BCUT2D eigenvalue weighted by Crippen LogP contribution is 2.66. The first kappa shape index (κ1) is 17.3. The molecule has 0 saturated heterocycles. The van der Waals surface area contributed by atoms with Gasteiger partial charge in [0.2, 0.25) is 0 Å². The van der Waals surface area contributed by atoms with Gasteiger partial charge in [-0.3, -0.25) is 0 Å². The van der Waals surface area contributed by atoms with Crippen LogP contribution in [0.25, 0.3) is 0 Å².